The van der Waals surface area contributed by atoms with Crippen molar-refractivity contribution in [2.24, 2.45) is 0 Å². The van der Waals surface area contributed by atoms with Gasteiger partial charge in [0.05, 0.1) is 56.3 Å². The molecule has 1 heterocycles. The summed E-state index contributed by atoms with van der Waals surface area (Å²) < 4.78 is 19.4. The van der Waals surface area contributed by atoms with Gasteiger partial charge in [0.2, 0.25) is 0 Å². The van der Waals surface area contributed by atoms with E-state index in [1.54, 1.807) is 60.7 Å². The van der Waals surface area contributed by atoms with Crippen molar-refractivity contribution in [1.82, 2.24) is 16.0 Å². The molecule has 1 aliphatic heterocycles. The van der Waals surface area contributed by atoms with Crippen LogP contribution in [0.15, 0.2) is 115 Å². The Morgan fingerprint density at radius 3 is 0.812 bits per heavy atom. The number of carboxylic acids is 5. The van der Waals surface area contributed by atoms with Crippen LogP contribution in [0.1, 0.15) is 75.8 Å². The van der Waals surface area contributed by atoms with Crippen molar-refractivity contribution >= 4 is 29.8 Å². The third-order valence-corrected chi connectivity index (χ3v) is 8.72. The number of carboxylic acid groups (broad SMARTS) is 5. The van der Waals surface area contributed by atoms with Gasteiger partial charge in [-0.1, -0.05) is 6.07 Å². The molecular formula is C47H55N3O14. The highest BCUT2D eigenvalue weighted by atomic mass is 16.5. The van der Waals surface area contributed by atoms with Crippen LogP contribution in [0.3, 0.4) is 0 Å². The summed E-state index contributed by atoms with van der Waals surface area (Å²) in [5.74, 6) is -1.91. The SMILES string of the molecule is COc1ccc(C(=O)O)cc1.COc1ccc(C(=O)O)cc1.COc1ccc(C(=O)O)cc1.COc1ccc(C(=O)O)cc1.O=C(O)c1cc2cc(c1)CNCCCNCCCNC2. The maximum absolute atomic E-state index is 11.2. The number of rotatable bonds is 9. The molecule has 0 aliphatic carbocycles. The molecule has 2 bridgehead atoms. The second-order valence-corrected chi connectivity index (χ2v) is 13.3. The van der Waals surface area contributed by atoms with Gasteiger partial charge in [0.15, 0.2) is 0 Å². The first-order valence-corrected chi connectivity index (χ1v) is 19.7. The lowest BCUT2D eigenvalue weighted by Gasteiger charge is -2.12. The molecule has 342 valence electrons. The Hall–Kier alpha value is -7.47. The van der Waals surface area contributed by atoms with Crippen molar-refractivity contribution in [3.8, 4) is 23.0 Å². The third-order valence-electron chi connectivity index (χ3n) is 8.72. The molecule has 6 rings (SSSR count). The van der Waals surface area contributed by atoms with E-state index in [1.807, 2.05) is 0 Å². The van der Waals surface area contributed by atoms with Gasteiger partial charge in [-0.15, -0.1) is 0 Å². The van der Waals surface area contributed by atoms with Crippen molar-refractivity contribution < 1.29 is 68.5 Å². The average molecular weight is 886 g/mol. The van der Waals surface area contributed by atoms with E-state index < -0.39 is 29.8 Å². The van der Waals surface area contributed by atoms with Gasteiger partial charge in [0, 0.05) is 13.1 Å². The topological polar surface area (TPSA) is 260 Å². The van der Waals surface area contributed by atoms with E-state index in [4.69, 9.17) is 39.4 Å². The molecule has 0 amide bonds. The summed E-state index contributed by atoms with van der Waals surface area (Å²) in [5, 5.41) is 53.3. The molecule has 0 radical (unpaired) electrons. The lowest BCUT2D eigenvalue weighted by Crippen LogP contribution is -2.26. The quantitative estimate of drug-likeness (QED) is 0.0783. The molecule has 0 saturated heterocycles. The molecule has 5 aromatic carbocycles. The molecule has 1 aliphatic rings. The zero-order valence-corrected chi connectivity index (χ0v) is 36.0. The second-order valence-electron chi connectivity index (χ2n) is 13.3. The van der Waals surface area contributed by atoms with Gasteiger partial charge in [-0.25, -0.2) is 24.0 Å². The summed E-state index contributed by atoms with van der Waals surface area (Å²) in [7, 11) is 6.15. The molecule has 64 heavy (non-hydrogen) atoms. The molecule has 8 N–H and O–H groups in total. The minimum absolute atomic E-state index is 0.269. The highest BCUT2D eigenvalue weighted by Crippen LogP contribution is 2.14. The fourth-order valence-corrected chi connectivity index (χ4v) is 5.29. The first-order valence-electron chi connectivity index (χ1n) is 19.7. The highest BCUT2D eigenvalue weighted by molar-refractivity contribution is 5.89. The Bertz CT molecular complexity index is 1920. The van der Waals surface area contributed by atoms with Crippen LogP contribution in [-0.4, -0.2) is 110 Å². The minimum atomic E-state index is -0.923. The largest absolute Gasteiger partial charge is 0.497 e. The molecule has 0 atom stereocenters. The van der Waals surface area contributed by atoms with Gasteiger partial charge in [0.1, 0.15) is 23.0 Å². The number of benzene rings is 5. The first-order chi connectivity index (χ1) is 30.7. The predicted octanol–water partition coefficient (Wildman–Crippen LogP) is 6.52. The van der Waals surface area contributed by atoms with Crippen LogP contribution in [0.2, 0.25) is 0 Å². The van der Waals surface area contributed by atoms with Crippen LogP contribution in [-0.2, 0) is 13.1 Å². The fraction of sp³-hybridized carbons (Fsp3) is 0.255. The summed E-state index contributed by atoms with van der Waals surface area (Å²) in [6.07, 6.45) is 2.16. The van der Waals surface area contributed by atoms with E-state index in [9.17, 15) is 29.1 Å². The summed E-state index contributed by atoms with van der Waals surface area (Å²) in [6.45, 7) is 5.36. The fourth-order valence-electron chi connectivity index (χ4n) is 5.29. The Labute approximate surface area is 371 Å². The number of hydrogen-bond donors (Lipinski definition) is 8. The maximum Gasteiger partial charge on any atom is 0.335 e. The number of hydrogen-bond acceptors (Lipinski definition) is 12. The zero-order chi connectivity index (χ0) is 47.3. The smallest absolute Gasteiger partial charge is 0.335 e. The number of aromatic carboxylic acids is 5. The molecule has 0 saturated carbocycles. The molecule has 0 spiro atoms. The Morgan fingerprint density at radius 2 is 0.594 bits per heavy atom. The van der Waals surface area contributed by atoms with Gasteiger partial charge in [-0.2, -0.15) is 0 Å². The lowest BCUT2D eigenvalue weighted by atomic mass is 10.1. The van der Waals surface area contributed by atoms with Crippen molar-refractivity contribution in [2.45, 2.75) is 25.9 Å². The van der Waals surface area contributed by atoms with Gasteiger partial charge < -0.3 is 60.4 Å². The van der Waals surface area contributed by atoms with E-state index in [1.165, 1.54) is 77.0 Å². The summed E-state index contributed by atoms with van der Waals surface area (Å²) in [6, 6.07) is 30.5. The van der Waals surface area contributed by atoms with Gasteiger partial charge in [-0.05, 0) is 159 Å². The Morgan fingerprint density at radius 1 is 0.359 bits per heavy atom. The molecule has 17 nitrogen and oxygen atoms in total. The van der Waals surface area contributed by atoms with Crippen molar-refractivity contribution in [3.63, 3.8) is 0 Å². The first kappa shape index (κ1) is 52.7. The van der Waals surface area contributed by atoms with Crippen molar-refractivity contribution in [2.75, 3.05) is 54.6 Å². The van der Waals surface area contributed by atoms with E-state index in [2.05, 4.69) is 22.0 Å². The van der Waals surface area contributed by atoms with Crippen molar-refractivity contribution in [3.05, 3.63) is 154 Å². The predicted molar refractivity (Wildman–Crippen MR) is 239 cm³/mol. The Kier molecular flexibility index (Phi) is 24.5. The van der Waals surface area contributed by atoms with Crippen LogP contribution in [0, 0.1) is 0 Å². The lowest BCUT2D eigenvalue weighted by molar-refractivity contribution is 0.0686. The van der Waals surface area contributed by atoms with E-state index >= 15 is 0 Å². The molecule has 0 aromatic heterocycles. The van der Waals surface area contributed by atoms with Crippen LogP contribution in [0.5, 0.6) is 23.0 Å². The average Bonchev–Trinajstić information content (AvgIpc) is 3.31. The second kappa shape index (κ2) is 29.7. The number of ether oxygens (including phenoxy) is 4. The normalized spacial score (nSPS) is 12.0. The third kappa shape index (κ3) is 20.9. The molecule has 5 aromatic rings. The number of carbonyl (C=O) groups is 5. The molecular weight excluding hydrogens is 831 g/mol. The minimum Gasteiger partial charge on any atom is -0.497 e. The van der Waals surface area contributed by atoms with Gasteiger partial charge >= 0.3 is 29.8 Å². The molecule has 17 heteroatoms. The highest BCUT2D eigenvalue weighted by Gasteiger charge is 2.08. The molecule has 0 unspecified atom stereocenters. The van der Waals surface area contributed by atoms with Crippen molar-refractivity contribution in [1.29, 1.82) is 0 Å². The molecule has 0 fully saturated rings. The number of nitrogens with one attached hydrogen (secondary N) is 3. The van der Waals surface area contributed by atoms with E-state index in [0.717, 1.165) is 50.1 Å². The zero-order valence-electron chi connectivity index (χ0n) is 36.0. The maximum atomic E-state index is 11.2. The monoisotopic (exact) mass is 885 g/mol. The van der Waals surface area contributed by atoms with Gasteiger partial charge in [-0.3, -0.25) is 0 Å². The summed E-state index contributed by atoms with van der Waals surface area (Å²) in [5.41, 5.74) is 3.52. The van der Waals surface area contributed by atoms with Crippen LogP contribution in [0.4, 0.5) is 0 Å². The van der Waals surface area contributed by atoms with Crippen LogP contribution in [0.25, 0.3) is 0 Å². The van der Waals surface area contributed by atoms with E-state index in [0.29, 0.717) is 41.7 Å². The van der Waals surface area contributed by atoms with Crippen LogP contribution < -0.4 is 34.9 Å². The standard InChI is InChI=1S/C15H23N3O2.4C8H8O3/c19-15(20)14-8-12-7-13(9-14)11-18-6-2-4-16-3-1-5-17-10-12;4*1-11-7-4-2-6(3-5-7)8(9)10/h7-9,16-18H,1-6,10-11H2,(H,19,20);4*2-5H,1H3,(H,9,10). The Balaban J connectivity index is 0.000000283. The number of methoxy groups -OCH3 is 4. The summed E-state index contributed by atoms with van der Waals surface area (Å²) >= 11 is 0. The summed E-state index contributed by atoms with van der Waals surface area (Å²) in [4.78, 5) is 52.6. The van der Waals surface area contributed by atoms with E-state index in [-0.39, 0.29) is 22.3 Å². The number of fused-ring (bicyclic) bond motifs is 2. The van der Waals surface area contributed by atoms with Gasteiger partial charge in [0.25, 0.3) is 0 Å². The van der Waals surface area contributed by atoms with Crippen LogP contribution >= 0.6 is 0 Å².